The van der Waals surface area contributed by atoms with E-state index in [1.54, 1.807) is 0 Å². The summed E-state index contributed by atoms with van der Waals surface area (Å²) in [5.74, 6) is 1.59. The summed E-state index contributed by atoms with van der Waals surface area (Å²) in [6.45, 7) is 6.75. The number of hydrogen-bond donors (Lipinski definition) is 2. The Morgan fingerprint density at radius 3 is 2.50 bits per heavy atom. The standard InChI is InChI=1S/C22H43N5O/c1-4-23-22(24-15-10-6-5-7-11-16-26(2)3)25-20-14-17-27(18-20)21(28)19-12-8-9-13-19/h19-20H,4-18H2,1-3H3,(H2,23,24,25). The molecular weight excluding hydrogens is 350 g/mol. The molecule has 2 fully saturated rings. The van der Waals surface area contributed by atoms with Gasteiger partial charge in [0.15, 0.2) is 5.96 Å². The van der Waals surface area contributed by atoms with Crippen LogP contribution >= 0.6 is 0 Å². The first-order valence-electron chi connectivity index (χ1n) is 11.6. The summed E-state index contributed by atoms with van der Waals surface area (Å²) in [5.41, 5.74) is 0. The minimum absolute atomic E-state index is 0.290. The summed E-state index contributed by atoms with van der Waals surface area (Å²) in [7, 11) is 4.27. The minimum Gasteiger partial charge on any atom is -0.357 e. The molecule has 2 N–H and O–H groups in total. The van der Waals surface area contributed by atoms with Crippen molar-refractivity contribution in [3.8, 4) is 0 Å². The molecule has 1 heterocycles. The average molecular weight is 394 g/mol. The summed E-state index contributed by atoms with van der Waals surface area (Å²) >= 11 is 0. The molecule has 0 radical (unpaired) electrons. The van der Waals surface area contributed by atoms with Crippen LogP contribution in [0.4, 0.5) is 0 Å². The van der Waals surface area contributed by atoms with Crippen LogP contribution in [-0.2, 0) is 4.79 Å². The van der Waals surface area contributed by atoms with Crippen LogP contribution in [0.15, 0.2) is 4.99 Å². The molecule has 0 aromatic heterocycles. The highest BCUT2D eigenvalue weighted by molar-refractivity contribution is 5.81. The van der Waals surface area contributed by atoms with Gasteiger partial charge in [-0.2, -0.15) is 0 Å². The quantitative estimate of drug-likeness (QED) is 0.322. The predicted octanol–water partition coefficient (Wildman–Crippen LogP) is 2.84. The van der Waals surface area contributed by atoms with Crippen LogP contribution in [0, 0.1) is 5.92 Å². The van der Waals surface area contributed by atoms with Crippen LogP contribution < -0.4 is 10.6 Å². The van der Waals surface area contributed by atoms with Gasteiger partial charge in [-0.1, -0.05) is 32.1 Å². The van der Waals surface area contributed by atoms with Crippen molar-refractivity contribution in [1.82, 2.24) is 20.4 Å². The van der Waals surface area contributed by atoms with Gasteiger partial charge >= 0.3 is 0 Å². The van der Waals surface area contributed by atoms with Gasteiger partial charge in [0.1, 0.15) is 0 Å². The zero-order chi connectivity index (χ0) is 20.2. The third-order valence-corrected chi connectivity index (χ3v) is 5.92. The van der Waals surface area contributed by atoms with Crippen LogP contribution in [0.25, 0.3) is 0 Å². The van der Waals surface area contributed by atoms with Gasteiger partial charge in [-0.25, -0.2) is 0 Å². The van der Waals surface area contributed by atoms with Crippen LogP contribution in [0.2, 0.25) is 0 Å². The third kappa shape index (κ3) is 8.38. The molecule has 0 spiro atoms. The normalized spacial score (nSPS) is 20.9. The second-order valence-corrected chi connectivity index (χ2v) is 8.73. The third-order valence-electron chi connectivity index (χ3n) is 5.92. The summed E-state index contributed by atoms with van der Waals surface area (Å²) in [4.78, 5) is 21.7. The van der Waals surface area contributed by atoms with Gasteiger partial charge < -0.3 is 20.4 Å². The highest BCUT2D eigenvalue weighted by Gasteiger charge is 2.32. The van der Waals surface area contributed by atoms with Crippen LogP contribution in [0.1, 0.15) is 71.1 Å². The van der Waals surface area contributed by atoms with Crippen molar-refractivity contribution in [3.05, 3.63) is 0 Å². The van der Waals surface area contributed by atoms with E-state index in [1.807, 2.05) is 0 Å². The SMILES string of the molecule is CCNC(=NCCCCCCCN(C)C)NC1CCN(C(=O)C2CCCC2)C1. The lowest BCUT2D eigenvalue weighted by molar-refractivity contribution is -0.134. The Hall–Kier alpha value is -1.30. The van der Waals surface area contributed by atoms with Gasteiger partial charge in [0.2, 0.25) is 5.91 Å². The summed E-state index contributed by atoms with van der Waals surface area (Å²) in [6, 6.07) is 0.328. The van der Waals surface area contributed by atoms with Gasteiger partial charge in [0.05, 0.1) is 0 Å². The Kier molecular flexibility index (Phi) is 10.7. The molecule has 0 aromatic carbocycles. The second kappa shape index (κ2) is 13.0. The van der Waals surface area contributed by atoms with Gasteiger partial charge in [0, 0.05) is 38.1 Å². The van der Waals surface area contributed by atoms with Crippen LogP contribution in [0.5, 0.6) is 0 Å². The number of carbonyl (C=O) groups excluding carboxylic acids is 1. The largest absolute Gasteiger partial charge is 0.357 e. The number of unbranched alkanes of at least 4 members (excludes halogenated alkanes) is 4. The van der Waals surface area contributed by atoms with E-state index in [0.717, 1.165) is 57.8 Å². The Bertz CT molecular complexity index is 474. The fourth-order valence-corrected chi connectivity index (χ4v) is 4.28. The van der Waals surface area contributed by atoms with Gasteiger partial charge in [0.25, 0.3) is 0 Å². The monoisotopic (exact) mass is 393 g/mol. The number of hydrogen-bond acceptors (Lipinski definition) is 3. The number of guanidine groups is 1. The first kappa shape index (κ1) is 23.0. The van der Waals surface area contributed by atoms with Gasteiger partial charge in [-0.3, -0.25) is 9.79 Å². The predicted molar refractivity (Wildman–Crippen MR) is 118 cm³/mol. The van der Waals surface area contributed by atoms with Crippen molar-refractivity contribution in [2.45, 2.75) is 77.2 Å². The Balaban J connectivity index is 1.64. The molecule has 0 bridgehead atoms. The molecule has 1 saturated carbocycles. The molecule has 6 nitrogen and oxygen atoms in total. The van der Waals surface area contributed by atoms with E-state index in [9.17, 15) is 4.79 Å². The number of amides is 1. The molecule has 2 rings (SSSR count). The Morgan fingerprint density at radius 2 is 1.79 bits per heavy atom. The summed E-state index contributed by atoms with van der Waals surface area (Å²) in [6.07, 6.45) is 11.9. The molecule has 2 aliphatic rings. The number of nitrogens with zero attached hydrogens (tertiary/aromatic N) is 3. The summed E-state index contributed by atoms with van der Waals surface area (Å²) < 4.78 is 0. The number of carbonyl (C=O) groups is 1. The van der Waals surface area contributed by atoms with Crippen molar-refractivity contribution >= 4 is 11.9 Å². The molecule has 1 aliphatic heterocycles. The van der Waals surface area contributed by atoms with Crippen molar-refractivity contribution in [2.75, 3.05) is 46.8 Å². The first-order chi connectivity index (χ1) is 13.6. The molecule has 1 unspecified atom stereocenters. The van der Waals surface area contributed by atoms with E-state index in [1.165, 1.54) is 45.1 Å². The first-order valence-corrected chi connectivity index (χ1v) is 11.6. The molecule has 162 valence electrons. The van der Waals surface area contributed by atoms with Crippen molar-refractivity contribution in [1.29, 1.82) is 0 Å². The molecule has 1 aliphatic carbocycles. The van der Waals surface area contributed by atoms with Crippen LogP contribution in [0.3, 0.4) is 0 Å². The lowest BCUT2D eigenvalue weighted by Gasteiger charge is -2.21. The topological polar surface area (TPSA) is 60.0 Å². The number of nitrogens with one attached hydrogen (secondary N) is 2. The van der Waals surface area contributed by atoms with Gasteiger partial charge in [-0.05, 0) is 59.7 Å². The molecule has 1 saturated heterocycles. The lowest BCUT2D eigenvalue weighted by Crippen LogP contribution is -2.45. The summed E-state index contributed by atoms with van der Waals surface area (Å²) in [5, 5.41) is 6.92. The minimum atomic E-state index is 0.290. The van der Waals surface area contributed by atoms with E-state index >= 15 is 0 Å². The highest BCUT2D eigenvalue weighted by atomic mass is 16.2. The maximum atomic E-state index is 12.6. The number of likely N-dealkylation sites (tertiary alicyclic amines) is 1. The number of aliphatic imine (C=N–C) groups is 1. The average Bonchev–Trinajstić information content (AvgIpc) is 3.35. The smallest absolute Gasteiger partial charge is 0.225 e. The maximum Gasteiger partial charge on any atom is 0.225 e. The zero-order valence-electron chi connectivity index (χ0n) is 18.5. The Morgan fingerprint density at radius 1 is 1.07 bits per heavy atom. The molecule has 6 heteroatoms. The van der Waals surface area contributed by atoms with Crippen LogP contribution in [-0.4, -0.2) is 74.5 Å². The fraction of sp³-hybridized carbons (Fsp3) is 0.909. The van der Waals surface area contributed by atoms with E-state index in [0.29, 0.717) is 17.9 Å². The molecular formula is C22H43N5O. The van der Waals surface area contributed by atoms with E-state index < -0.39 is 0 Å². The fourth-order valence-electron chi connectivity index (χ4n) is 4.28. The zero-order valence-corrected chi connectivity index (χ0v) is 18.5. The number of rotatable bonds is 11. The lowest BCUT2D eigenvalue weighted by atomic mass is 10.1. The van der Waals surface area contributed by atoms with Gasteiger partial charge in [-0.15, -0.1) is 0 Å². The highest BCUT2D eigenvalue weighted by Crippen LogP contribution is 2.27. The van der Waals surface area contributed by atoms with Crippen molar-refractivity contribution in [3.63, 3.8) is 0 Å². The maximum absolute atomic E-state index is 12.6. The molecule has 1 atom stereocenters. The van der Waals surface area contributed by atoms with Crippen molar-refractivity contribution in [2.24, 2.45) is 10.9 Å². The molecule has 0 aromatic rings. The van der Waals surface area contributed by atoms with E-state index in [2.05, 4.69) is 41.5 Å². The van der Waals surface area contributed by atoms with E-state index in [-0.39, 0.29) is 0 Å². The Labute approximate surface area is 172 Å². The van der Waals surface area contributed by atoms with Crippen molar-refractivity contribution < 1.29 is 4.79 Å². The molecule has 28 heavy (non-hydrogen) atoms. The van der Waals surface area contributed by atoms with E-state index in [4.69, 9.17) is 4.99 Å². The molecule has 1 amide bonds. The second-order valence-electron chi connectivity index (χ2n) is 8.73.